The molecule has 16 heavy (non-hydrogen) atoms. The van der Waals surface area contributed by atoms with Gasteiger partial charge in [0.2, 0.25) is 5.91 Å². The summed E-state index contributed by atoms with van der Waals surface area (Å²) >= 11 is 0. The lowest BCUT2D eigenvalue weighted by atomic mass is 10.1. The number of aliphatic carboxylic acids is 1. The number of hydrogen-bond acceptors (Lipinski definition) is 3. The smallest absolute Gasteiger partial charge is 0.303 e. The van der Waals surface area contributed by atoms with Crippen molar-refractivity contribution in [3.8, 4) is 0 Å². The quantitative estimate of drug-likeness (QED) is 0.715. The predicted molar refractivity (Wildman–Crippen MR) is 59.8 cm³/mol. The van der Waals surface area contributed by atoms with Crippen molar-refractivity contribution in [2.24, 2.45) is 11.7 Å². The first-order valence-electron chi connectivity index (χ1n) is 5.80. The molecular weight excluding hydrogens is 208 g/mol. The molecule has 92 valence electrons. The number of rotatable bonds is 5. The summed E-state index contributed by atoms with van der Waals surface area (Å²) in [5.74, 6) is -0.734. The van der Waals surface area contributed by atoms with Crippen molar-refractivity contribution in [3.63, 3.8) is 0 Å². The van der Waals surface area contributed by atoms with E-state index in [0.717, 1.165) is 12.8 Å². The average molecular weight is 228 g/mol. The summed E-state index contributed by atoms with van der Waals surface area (Å²) in [6.45, 7) is 3.18. The maximum Gasteiger partial charge on any atom is 0.303 e. The SMILES string of the molecule is CCC[C@H](N)C(=O)N1CCC(CC(=O)O)C1. The number of nitrogens with zero attached hydrogens (tertiary/aromatic N) is 1. The summed E-state index contributed by atoms with van der Waals surface area (Å²) in [4.78, 5) is 24.1. The van der Waals surface area contributed by atoms with Crippen molar-refractivity contribution in [2.45, 2.75) is 38.6 Å². The fourth-order valence-corrected chi connectivity index (χ4v) is 2.12. The van der Waals surface area contributed by atoms with Crippen LogP contribution in [0.25, 0.3) is 0 Å². The normalized spacial score (nSPS) is 22.1. The molecule has 0 aliphatic carbocycles. The number of carboxylic acid groups (broad SMARTS) is 1. The third-order valence-corrected chi connectivity index (χ3v) is 2.98. The van der Waals surface area contributed by atoms with Crippen LogP contribution >= 0.6 is 0 Å². The Bertz CT molecular complexity index is 268. The van der Waals surface area contributed by atoms with E-state index in [4.69, 9.17) is 10.8 Å². The standard InChI is InChI=1S/C11H20N2O3/c1-2-3-9(12)11(16)13-5-4-8(7-13)6-10(14)15/h8-9H,2-7,12H2,1H3,(H,14,15)/t8?,9-/m0/s1. The van der Waals surface area contributed by atoms with Crippen LogP contribution in [0.4, 0.5) is 0 Å². The highest BCUT2D eigenvalue weighted by molar-refractivity contribution is 5.82. The zero-order chi connectivity index (χ0) is 12.1. The van der Waals surface area contributed by atoms with Crippen LogP contribution in [0.5, 0.6) is 0 Å². The second kappa shape index (κ2) is 5.84. The molecule has 0 aromatic rings. The van der Waals surface area contributed by atoms with Gasteiger partial charge in [0, 0.05) is 19.5 Å². The van der Waals surface area contributed by atoms with Gasteiger partial charge in [0.05, 0.1) is 6.04 Å². The largest absolute Gasteiger partial charge is 0.481 e. The number of carbonyl (C=O) groups excluding carboxylic acids is 1. The van der Waals surface area contributed by atoms with E-state index in [1.54, 1.807) is 4.90 Å². The van der Waals surface area contributed by atoms with Crippen LogP contribution in [0.2, 0.25) is 0 Å². The third kappa shape index (κ3) is 3.48. The molecule has 0 radical (unpaired) electrons. The number of nitrogens with two attached hydrogens (primary N) is 1. The summed E-state index contributed by atoms with van der Waals surface area (Å²) in [5.41, 5.74) is 5.75. The van der Waals surface area contributed by atoms with Gasteiger partial charge in [0.15, 0.2) is 0 Å². The molecule has 1 saturated heterocycles. The van der Waals surface area contributed by atoms with Crippen molar-refractivity contribution in [3.05, 3.63) is 0 Å². The molecular formula is C11H20N2O3. The second-order valence-electron chi connectivity index (χ2n) is 4.43. The molecule has 3 N–H and O–H groups in total. The minimum Gasteiger partial charge on any atom is -0.481 e. The molecule has 0 saturated carbocycles. The molecule has 1 aliphatic heterocycles. The van der Waals surface area contributed by atoms with Crippen LogP contribution in [0.1, 0.15) is 32.6 Å². The summed E-state index contributed by atoms with van der Waals surface area (Å²) in [5, 5.41) is 8.66. The highest BCUT2D eigenvalue weighted by Gasteiger charge is 2.29. The molecule has 0 aromatic carbocycles. The highest BCUT2D eigenvalue weighted by atomic mass is 16.4. The van der Waals surface area contributed by atoms with Crippen molar-refractivity contribution in [2.75, 3.05) is 13.1 Å². The van der Waals surface area contributed by atoms with Crippen molar-refractivity contribution >= 4 is 11.9 Å². The Morgan fingerprint density at radius 2 is 2.25 bits per heavy atom. The van der Waals surface area contributed by atoms with Gasteiger partial charge >= 0.3 is 5.97 Å². The van der Waals surface area contributed by atoms with Gasteiger partial charge in [-0.25, -0.2) is 0 Å². The lowest BCUT2D eigenvalue weighted by molar-refractivity contribution is -0.138. The molecule has 1 amide bonds. The Hall–Kier alpha value is -1.10. The molecule has 0 spiro atoms. The van der Waals surface area contributed by atoms with Crippen LogP contribution in [0.3, 0.4) is 0 Å². The Kier molecular flexibility index (Phi) is 4.73. The van der Waals surface area contributed by atoms with Gasteiger partial charge in [0.1, 0.15) is 0 Å². The van der Waals surface area contributed by atoms with Gasteiger partial charge in [-0.15, -0.1) is 0 Å². The van der Waals surface area contributed by atoms with Crippen LogP contribution in [-0.4, -0.2) is 41.0 Å². The first-order chi connectivity index (χ1) is 7.54. The number of carbonyl (C=O) groups is 2. The van der Waals surface area contributed by atoms with E-state index in [-0.39, 0.29) is 18.2 Å². The first-order valence-corrected chi connectivity index (χ1v) is 5.80. The Balaban J connectivity index is 2.40. The maximum absolute atomic E-state index is 11.8. The Morgan fingerprint density at radius 3 is 2.81 bits per heavy atom. The predicted octanol–water partition coefficient (Wildman–Crippen LogP) is 0.437. The van der Waals surface area contributed by atoms with Gasteiger partial charge in [-0.05, 0) is 18.8 Å². The zero-order valence-corrected chi connectivity index (χ0v) is 9.69. The van der Waals surface area contributed by atoms with Crippen LogP contribution in [0, 0.1) is 5.92 Å². The number of hydrogen-bond donors (Lipinski definition) is 2. The van der Waals surface area contributed by atoms with Crippen LogP contribution < -0.4 is 5.73 Å². The van der Waals surface area contributed by atoms with Crippen molar-refractivity contribution < 1.29 is 14.7 Å². The van der Waals surface area contributed by atoms with E-state index in [2.05, 4.69) is 0 Å². The van der Waals surface area contributed by atoms with E-state index >= 15 is 0 Å². The molecule has 1 rings (SSSR count). The molecule has 2 atom stereocenters. The first kappa shape index (κ1) is 13.0. The third-order valence-electron chi connectivity index (χ3n) is 2.98. The van der Waals surface area contributed by atoms with Crippen LogP contribution in [-0.2, 0) is 9.59 Å². The van der Waals surface area contributed by atoms with Gasteiger partial charge < -0.3 is 15.7 Å². The number of likely N-dealkylation sites (tertiary alicyclic amines) is 1. The Labute approximate surface area is 95.6 Å². The summed E-state index contributed by atoms with van der Waals surface area (Å²) in [6, 6.07) is -0.423. The van der Waals surface area contributed by atoms with Gasteiger partial charge in [0.25, 0.3) is 0 Å². The van der Waals surface area contributed by atoms with Gasteiger partial charge in [-0.3, -0.25) is 9.59 Å². The summed E-state index contributed by atoms with van der Waals surface area (Å²) in [7, 11) is 0. The van der Waals surface area contributed by atoms with Crippen LogP contribution in [0.15, 0.2) is 0 Å². The van der Waals surface area contributed by atoms with Gasteiger partial charge in [-0.1, -0.05) is 13.3 Å². The molecule has 5 heteroatoms. The van der Waals surface area contributed by atoms with E-state index in [1.807, 2.05) is 6.92 Å². The summed E-state index contributed by atoms with van der Waals surface area (Å²) in [6.07, 6.45) is 2.50. The zero-order valence-electron chi connectivity index (χ0n) is 9.69. The minimum absolute atomic E-state index is 0.0326. The molecule has 5 nitrogen and oxygen atoms in total. The van der Waals surface area contributed by atoms with E-state index in [0.29, 0.717) is 19.5 Å². The second-order valence-corrected chi connectivity index (χ2v) is 4.43. The van der Waals surface area contributed by atoms with E-state index in [1.165, 1.54) is 0 Å². The topological polar surface area (TPSA) is 83.6 Å². The molecule has 0 bridgehead atoms. The fourth-order valence-electron chi connectivity index (χ4n) is 2.12. The highest BCUT2D eigenvalue weighted by Crippen LogP contribution is 2.20. The molecule has 1 aliphatic rings. The lowest BCUT2D eigenvalue weighted by Crippen LogP contribution is -2.42. The molecule has 1 heterocycles. The van der Waals surface area contributed by atoms with Crippen molar-refractivity contribution in [1.82, 2.24) is 4.90 Å². The molecule has 1 unspecified atom stereocenters. The van der Waals surface area contributed by atoms with Gasteiger partial charge in [-0.2, -0.15) is 0 Å². The number of carboxylic acids is 1. The van der Waals surface area contributed by atoms with E-state index < -0.39 is 12.0 Å². The van der Waals surface area contributed by atoms with Crippen molar-refractivity contribution in [1.29, 1.82) is 0 Å². The fraction of sp³-hybridized carbons (Fsp3) is 0.818. The summed E-state index contributed by atoms with van der Waals surface area (Å²) < 4.78 is 0. The van der Waals surface area contributed by atoms with E-state index in [9.17, 15) is 9.59 Å². The Morgan fingerprint density at radius 1 is 1.56 bits per heavy atom. The lowest BCUT2D eigenvalue weighted by Gasteiger charge is -2.20. The molecule has 1 fully saturated rings. The maximum atomic E-state index is 11.8. The number of amides is 1. The monoisotopic (exact) mass is 228 g/mol. The molecule has 0 aromatic heterocycles. The minimum atomic E-state index is -0.794. The average Bonchev–Trinajstić information content (AvgIpc) is 2.64.